The van der Waals surface area contributed by atoms with Crippen molar-refractivity contribution in [2.24, 2.45) is 0 Å². The van der Waals surface area contributed by atoms with E-state index in [2.05, 4.69) is 22.1 Å². The van der Waals surface area contributed by atoms with E-state index < -0.39 is 0 Å². The molecule has 1 fully saturated rings. The minimum atomic E-state index is -0.0993. The topological polar surface area (TPSA) is 59.8 Å². The third kappa shape index (κ3) is 6.05. The largest absolute Gasteiger partial charge is 0.497 e. The van der Waals surface area contributed by atoms with Gasteiger partial charge in [-0.25, -0.2) is 4.68 Å². The fourth-order valence-corrected chi connectivity index (χ4v) is 4.47. The Balaban J connectivity index is 1.44. The van der Waals surface area contributed by atoms with Gasteiger partial charge in [-0.05, 0) is 42.3 Å². The minimum absolute atomic E-state index is 0.0993. The maximum Gasteiger partial charge on any atom is 0.246 e. The van der Waals surface area contributed by atoms with Crippen molar-refractivity contribution in [2.75, 3.05) is 45.4 Å². The average molecular weight is 495 g/mol. The Labute approximate surface area is 211 Å². The zero-order valence-corrected chi connectivity index (χ0v) is 21.2. The molecule has 184 valence electrons. The third-order valence-corrected chi connectivity index (χ3v) is 6.49. The summed E-state index contributed by atoms with van der Waals surface area (Å²) in [7, 11) is 3.45. The monoisotopic (exact) mass is 494 g/mol. The molecule has 0 unspecified atom stereocenters. The number of benzene rings is 2. The summed E-state index contributed by atoms with van der Waals surface area (Å²) >= 11 is 6.63. The van der Waals surface area contributed by atoms with Crippen molar-refractivity contribution in [3.8, 4) is 5.75 Å². The number of morpholine rings is 1. The lowest BCUT2D eigenvalue weighted by Gasteiger charge is -2.31. The highest BCUT2D eigenvalue weighted by Gasteiger charge is 2.17. The summed E-state index contributed by atoms with van der Waals surface area (Å²) in [4.78, 5) is 16.9. The number of rotatable bonds is 8. The number of anilines is 1. The quantitative estimate of drug-likeness (QED) is 0.434. The molecule has 1 aliphatic heterocycles. The van der Waals surface area contributed by atoms with E-state index in [0.29, 0.717) is 18.2 Å². The van der Waals surface area contributed by atoms with Gasteiger partial charge in [0, 0.05) is 44.0 Å². The van der Waals surface area contributed by atoms with Crippen molar-refractivity contribution in [3.63, 3.8) is 0 Å². The van der Waals surface area contributed by atoms with E-state index in [4.69, 9.17) is 21.1 Å². The molecular weight excluding hydrogens is 464 g/mol. The van der Waals surface area contributed by atoms with Crippen molar-refractivity contribution < 1.29 is 14.3 Å². The van der Waals surface area contributed by atoms with Gasteiger partial charge >= 0.3 is 0 Å². The number of ether oxygens (including phenoxy) is 2. The number of halogens is 1. The first-order valence-corrected chi connectivity index (χ1v) is 12.0. The number of aromatic nitrogens is 2. The molecule has 1 amide bonds. The summed E-state index contributed by atoms with van der Waals surface area (Å²) < 4.78 is 12.5. The van der Waals surface area contributed by atoms with Crippen molar-refractivity contribution >= 4 is 29.3 Å². The molecule has 0 atom stereocenters. The molecule has 0 bridgehead atoms. The SMILES string of the molecule is COc1cccc(Cn2nc(C)c(C=CC(=O)N(C)Cc3ccccc3N3CCOCC3)c2Cl)c1. The van der Waals surface area contributed by atoms with Crippen molar-refractivity contribution in [1.29, 1.82) is 0 Å². The summed E-state index contributed by atoms with van der Waals surface area (Å²) in [6.07, 6.45) is 3.31. The first-order valence-electron chi connectivity index (χ1n) is 11.7. The van der Waals surface area contributed by atoms with E-state index in [1.54, 1.807) is 28.8 Å². The molecule has 7 nitrogen and oxygen atoms in total. The molecule has 2 aromatic carbocycles. The number of nitrogens with zero attached hydrogens (tertiary/aromatic N) is 4. The molecule has 1 aromatic heterocycles. The smallest absolute Gasteiger partial charge is 0.246 e. The van der Waals surface area contributed by atoms with Crippen LogP contribution < -0.4 is 9.64 Å². The van der Waals surface area contributed by atoms with Crippen LogP contribution in [0.15, 0.2) is 54.6 Å². The van der Waals surface area contributed by atoms with Crippen molar-refractivity contribution in [1.82, 2.24) is 14.7 Å². The number of aryl methyl sites for hydroxylation is 1. The molecule has 35 heavy (non-hydrogen) atoms. The zero-order valence-electron chi connectivity index (χ0n) is 20.4. The van der Waals surface area contributed by atoms with Crippen LogP contribution in [0.3, 0.4) is 0 Å². The van der Waals surface area contributed by atoms with Gasteiger partial charge in [-0.3, -0.25) is 4.79 Å². The molecule has 1 saturated heterocycles. The van der Waals surface area contributed by atoms with Gasteiger partial charge in [-0.1, -0.05) is 41.9 Å². The molecule has 0 aliphatic carbocycles. The Bertz CT molecular complexity index is 1200. The van der Waals surface area contributed by atoms with Crippen LogP contribution in [0, 0.1) is 6.92 Å². The van der Waals surface area contributed by atoms with Gasteiger partial charge in [0.05, 0.1) is 32.6 Å². The Morgan fingerprint density at radius 1 is 1.20 bits per heavy atom. The van der Waals surface area contributed by atoms with E-state index in [1.807, 2.05) is 50.4 Å². The highest BCUT2D eigenvalue weighted by Crippen LogP contribution is 2.25. The van der Waals surface area contributed by atoms with Gasteiger partial charge in [0.25, 0.3) is 0 Å². The van der Waals surface area contributed by atoms with Crippen LogP contribution in [0.25, 0.3) is 6.08 Å². The molecule has 3 aromatic rings. The third-order valence-electron chi connectivity index (χ3n) is 6.10. The molecule has 1 aliphatic rings. The van der Waals surface area contributed by atoms with Crippen LogP contribution in [0.1, 0.15) is 22.4 Å². The first-order chi connectivity index (χ1) is 17.0. The first kappa shape index (κ1) is 24.8. The second kappa shape index (κ2) is 11.4. The van der Waals surface area contributed by atoms with Crippen molar-refractivity contribution in [2.45, 2.75) is 20.0 Å². The predicted molar refractivity (Wildman–Crippen MR) is 139 cm³/mol. The van der Waals surface area contributed by atoms with Crippen LogP contribution in [0.4, 0.5) is 5.69 Å². The van der Waals surface area contributed by atoms with E-state index in [-0.39, 0.29) is 5.91 Å². The summed E-state index contributed by atoms with van der Waals surface area (Å²) in [6, 6.07) is 16.0. The van der Waals surface area contributed by atoms with Crippen molar-refractivity contribution in [3.05, 3.63) is 82.1 Å². The fraction of sp³-hybridized carbons (Fsp3) is 0.333. The molecule has 0 spiro atoms. The fourth-order valence-electron chi connectivity index (χ4n) is 4.18. The molecule has 4 rings (SSSR count). The van der Waals surface area contributed by atoms with Crippen LogP contribution in [0.2, 0.25) is 5.15 Å². The molecule has 0 saturated carbocycles. The zero-order chi connectivity index (χ0) is 24.8. The van der Waals surface area contributed by atoms with Gasteiger partial charge in [0.15, 0.2) is 0 Å². The van der Waals surface area contributed by atoms with E-state index >= 15 is 0 Å². The minimum Gasteiger partial charge on any atom is -0.497 e. The molecule has 0 radical (unpaired) electrons. The van der Waals surface area contributed by atoms with Gasteiger partial charge in [-0.2, -0.15) is 5.10 Å². The summed E-state index contributed by atoms with van der Waals surface area (Å²) in [5.41, 5.74) is 4.79. The molecule has 0 N–H and O–H groups in total. The van der Waals surface area contributed by atoms with Gasteiger partial charge < -0.3 is 19.3 Å². The summed E-state index contributed by atoms with van der Waals surface area (Å²) in [5, 5.41) is 5.06. The molecule has 8 heteroatoms. The number of carbonyl (C=O) groups is 1. The summed E-state index contributed by atoms with van der Waals surface area (Å²) in [5.74, 6) is 0.684. The highest BCUT2D eigenvalue weighted by molar-refractivity contribution is 6.31. The van der Waals surface area contributed by atoms with Crippen LogP contribution in [-0.4, -0.2) is 61.0 Å². The lowest BCUT2D eigenvalue weighted by Crippen LogP contribution is -2.37. The Hall–Kier alpha value is -3.29. The normalized spacial score (nSPS) is 13.9. The van der Waals surface area contributed by atoms with Crippen LogP contribution in [0.5, 0.6) is 5.75 Å². The summed E-state index contributed by atoms with van der Waals surface area (Å²) in [6.45, 7) is 6.06. The van der Waals surface area contributed by atoms with E-state index in [9.17, 15) is 4.79 Å². The second-order valence-corrected chi connectivity index (χ2v) is 8.91. The Kier molecular flexibility index (Phi) is 8.10. The number of hydrogen-bond donors (Lipinski definition) is 0. The predicted octanol–water partition coefficient (Wildman–Crippen LogP) is 4.41. The molecular formula is C27H31ClN4O3. The van der Waals surface area contributed by atoms with Gasteiger partial charge in [0.2, 0.25) is 5.91 Å². The number of carbonyl (C=O) groups excluding carboxylic acids is 1. The van der Waals surface area contributed by atoms with E-state index in [1.165, 1.54) is 0 Å². The Morgan fingerprint density at radius 2 is 1.97 bits per heavy atom. The number of amides is 1. The number of likely N-dealkylation sites (N-methyl/N-ethyl adjacent to an activating group) is 1. The average Bonchev–Trinajstić information content (AvgIpc) is 3.15. The number of methoxy groups -OCH3 is 1. The highest BCUT2D eigenvalue weighted by atomic mass is 35.5. The number of hydrogen-bond acceptors (Lipinski definition) is 5. The second-order valence-electron chi connectivity index (χ2n) is 8.55. The van der Waals surface area contributed by atoms with Crippen LogP contribution in [-0.2, 0) is 22.6 Å². The maximum absolute atomic E-state index is 12.9. The lowest BCUT2D eigenvalue weighted by atomic mass is 10.1. The standard InChI is InChI=1S/C27H31ClN4O3/c1-20-24(27(28)32(29-20)18-21-7-6-9-23(17-21)34-3)11-12-26(33)30(2)19-22-8-4-5-10-25(22)31-13-15-35-16-14-31/h4-12,17H,13-16,18-19H2,1-3H3. The lowest BCUT2D eigenvalue weighted by molar-refractivity contribution is -0.125. The van der Waals surface area contributed by atoms with Gasteiger partial charge in [-0.15, -0.1) is 0 Å². The van der Waals surface area contributed by atoms with Crippen LogP contribution >= 0.6 is 11.6 Å². The van der Waals surface area contributed by atoms with E-state index in [0.717, 1.165) is 60.1 Å². The van der Waals surface area contributed by atoms with Gasteiger partial charge in [0.1, 0.15) is 10.9 Å². The number of para-hydroxylation sites is 1. The molecule has 2 heterocycles. The maximum atomic E-state index is 12.9. The Morgan fingerprint density at radius 3 is 2.74 bits per heavy atom.